The summed E-state index contributed by atoms with van der Waals surface area (Å²) in [7, 11) is 0. The van der Waals surface area contributed by atoms with Crippen LogP contribution in [-0.4, -0.2) is 35.3 Å². The number of likely N-dealkylation sites (tertiary alicyclic amines) is 1. The molecule has 3 unspecified atom stereocenters. The van der Waals surface area contributed by atoms with E-state index in [0.29, 0.717) is 6.54 Å². The number of hydrogen-bond acceptors (Lipinski definition) is 2. The molecular weight excluding hydrogens is 276 g/mol. The van der Waals surface area contributed by atoms with Gasteiger partial charge >= 0.3 is 0 Å². The monoisotopic (exact) mass is 306 g/mol. The predicted octanol–water partition coefficient (Wildman–Crippen LogP) is 2.91. The van der Waals surface area contributed by atoms with Gasteiger partial charge in [-0.25, -0.2) is 0 Å². The maximum Gasteiger partial charge on any atom is 0.243 e. The Morgan fingerprint density at radius 2 is 1.91 bits per heavy atom. The average Bonchev–Trinajstić information content (AvgIpc) is 2.96. The molecule has 4 heteroatoms. The number of nitrogens with one attached hydrogen (secondary N) is 1. The van der Waals surface area contributed by atoms with Crippen LogP contribution in [0.25, 0.3) is 0 Å². The fourth-order valence-electron chi connectivity index (χ4n) is 2.79. The van der Waals surface area contributed by atoms with Crippen LogP contribution in [0.4, 0.5) is 0 Å². The van der Waals surface area contributed by atoms with Crippen molar-refractivity contribution < 1.29 is 9.59 Å². The molecule has 0 spiro atoms. The second kappa shape index (κ2) is 8.16. The molecule has 0 aromatic carbocycles. The highest BCUT2D eigenvalue weighted by molar-refractivity contribution is 5.89. The van der Waals surface area contributed by atoms with E-state index in [2.05, 4.69) is 11.9 Å². The summed E-state index contributed by atoms with van der Waals surface area (Å²) >= 11 is 0. The van der Waals surface area contributed by atoms with Crippen LogP contribution < -0.4 is 5.32 Å². The van der Waals surface area contributed by atoms with E-state index in [0.717, 1.165) is 18.4 Å². The molecule has 1 aliphatic rings. The van der Waals surface area contributed by atoms with Gasteiger partial charge in [0.1, 0.15) is 6.04 Å². The molecule has 1 aliphatic heterocycles. The van der Waals surface area contributed by atoms with Crippen LogP contribution in [0, 0.1) is 11.8 Å². The van der Waals surface area contributed by atoms with Crippen LogP contribution in [0.5, 0.6) is 0 Å². The molecule has 22 heavy (non-hydrogen) atoms. The van der Waals surface area contributed by atoms with Crippen molar-refractivity contribution in [3.63, 3.8) is 0 Å². The van der Waals surface area contributed by atoms with Crippen LogP contribution in [0.15, 0.2) is 24.3 Å². The zero-order chi connectivity index (χ0) is 16.9. The molecule has 2 amide bonds. The molecule has 1 saturated heterocycles. The van der Waals surface area contributed by atoms with Gasteiger partial charge in [0.2, 0.25) is 11.8 Å². The van der Waals surface area contributed by atoms with E-state index in [1.165, 1.54) is 0 Å². The van der Waals surface area contributed by atoms with Gasteiger partial charge in [0.15, 0.2) is 0 Å². The van der Waals surface area contributed by atoms with Gasteiger partial charge in [0.25, 0.3) is 0 Å². The summed E-state index contributed by atoms with van der Waals surface area (Å²) in [5, 5.41) is 3.00. The van der Waals surface area contributed by atoms with E-state index in [1.54, 1.807) is 11.0 Å². The third-order valence-corrected chi connectivity index (χ3v) is 4.66. The van der Waals surface area contributed by atoms with E-state index < -0.39 is 0 Å². The van der Waals surface area contributed by atoms with Gasteiger partial charge in [0, 0.05) is 12.5 Å². The smallest absolute Gasteiger partial charge is 0.243 e. The first kappa shape index (κ1) is 18.5. The highest BCUT2D eigenvalue weighted by Gasteiger charge is 2.36. The zero-order valence-electron chi connectivity index (χ0n) is 14.6. The minimum Gasteiger partial charge on any atom is -0.348 e. The number of hydrogen-bond donors (Lipinski definition) is 1. The van der Waals surface area contributed by atoms with E-state index in [4.69, 9.17) is 0 Å². The Bertz CT molecular complexity index is 454. The van der Waals surface area contributed by atoms with Crippen molar-refractivity contribution in [2.75, 3.05) is 6.54 Å². The van der Waals surface area contributed by atoms with Crippen LogP contribution >= 0.6 is 0 Å². The molecule has 0 aromatic rings. The molecule has 1 N–H and O–H groups in total. The van der Waals surface area contributed by atoms with Crippen molar-refractivity contribution in [2.45, 2.75) is 59.5 Å². The number of allylic oxidation sites excluding steroid dienone is 1. The lowest BCUT2D eigenvalue weighted by molar-refractivity contribution is -0.142. The summed E-state index contributed by atoms with van der Waals surface area (Å²) < 4.78 is 0. The summed E-state index contributed by atoms with van der Waals surface area (Å²) in [6, 6.07) is -0.422. The van der Waals surface area contributed by atoms with E-state index in [-0.39, 0.29) is 35.7 Å². The summed E-state index contributed by atoms with van der Waals surface area (Å²) in [5.41, 5.74) is 0.986. The molecule has 0 saturated carbocycles. The van der Waals surface area contributed by atoms with Crippen molar-refractivity contribution in [1.82, 2.24) is 10.2 Å². The second-order valence-corrected chi connectivity index (χ2v) is 6.45. The van der Waals surface area contributed by atoms with Crippen molar-refractivity contribution >= 4 is 11.8 Å². The van der Waals surface area contributed by atoms with Crippen LogP contribution in [0.2, 0.25) is 0 Å². The fourth-order valence-corrected chi connectivity index (χ4v) is 2.79. The Labute approximate surface area is 134 Å². The van der Waals surface area contributed by atoms with Gasteiger partial charge < -0.3 is 10.2 Å². The molecule has 3 atom stereocenters. The Morgan fingerprint density at radius 3 is 2.41 bits per heavy atom. The normalized spacial score (nSPS) is 21.6. The summed E-state index contributed by atoms with van der Waals surface area (Å²) in [5.74, 6) is 0.266. The van der Waals surface area contributed by atoms with Gasteiger partial charge in [-0.3, -0.25) is 9.59 Å². The lowest BCUT2D eigenvalue weighted by Crippen LogP contribution is -2.50. The maximum atomic E-state index is 12.6. The van der Waals surface area contributed by atoms with Crippen molar-refractivity contribution in [2.24, 2.45) is 11.8 Å². The van der Waals surface area contributed by atoms with Gasteiger partial charge in [0.05, 0.1) is 6.04 Å². The molecule has 0 aromatic heterocycles. The highest BCUT2D eigenvalue weighted by atomic mass is 16.2. The predicted molar refractivity (Wildman–Crippen MR) is 90.3 cm³/mol. The Morgan fingerprint density at radius 1 is 1.27 bits per heavy atom. The molecule has 4 nitrogen and oxygen atoms in total. The lowest BCUT2D eigenvalue weighted by Gasteiger charge is -2.29. The Kier molecular flexibility index (Phi) is 6.85. The highest BCUT2D eigenvalue weighted by Crippen LogP contribution is 2.23. The van der Waals surface area contributed by atoms with Gasteiger partial charge in [-0.2, -0.15) is 0 Å². The first-order valence-corrected chi connectivity index (χ1v) is 8.22. The Balaban J connectivity index is 2.76. The molecule has 1 fully saturated rings. The number of nitrogens with zero attached hydrogens (tertiary/aromatic N) is 1. The first-order chi connectivity index (χ1) is 10.3. The third kappa shape index (κ3) is 4.21. The van der Waals surface area contributed by atoms with E-state index in [1.807, 2.05) is 40.7 Å². The fraction of sp³-hybridized carbons (Fsp3) is 0.667. The lowest BCUT2D eigenvalue weighted by atomic mass is 9.96. The summed E-state index contributed by atoms with van der Waals surface area (Å²) in [4.78, 5) is 26.8. The summed E-state index contributed by atoms with van der Waals surface area (Å²) in [6.07, 6.45) is 5.33. The van der Waals surface area contributed by atoms with E-state index in [9.17, 15) is 9.59 Å². The maximum absolute atomic E-state index is 12.6. The largest absolute Gasteiger partial charge is 0.348 e. The van der Waals surface area contributed by atoms with Crippen LogP contribution in [-0.2, 0) is 9.59 Å². The molecule has 0 aliphatic carbocycles. The molecule has 1 rings (SSSR count). The molecule has 1 heterocycles. The number of rotatable bonds is 6. The third-order valence-electron chi connectivity index (χ3n) is 4.66. The molecule has 124 valence electrons. The van der Waals surface area contributed by atoms with Crippen molar-refractivity contribution in [3.8, 4) is 0 Å². The minimum atomic E-state index is -0.334. The topological polar surface area (TPSA) is 49.4 Å². The number of carbonyl (C=O) groups excluding carboxylic acids is 2. The SMILES string of the molecule is C=C/C(=C\C)C(C)NC(=O)C1CCCN1C(=O)C(C)C(C)C. The molecule has 0 bridgehead atoms. The van der Waals surface area contributed by atoms with Crippen molar-refractivity contribution in [1.29, 1.82) is 0 Å². The van der Waals surface area contributed by atoms with Gasteiger partial charge in [-0.15, -0.1) is 0 Å². The summed E-state index contributed by atoms with van der Waals surface area (Å²) in [6.45, 7) is 14.3. The Hall–Kier alpha value is -1.58. The minimum absolute atomic E-state index is 0.0508. The zero-order valence-corrected chi connectivity index (χ0v) is 14.6. The van der Waals surface area contributed by atoms with Crippen LogP contribution in [0.1, 0.15) is 47.5 Å². The second-order valence-electron chi connectivity index (χ2n) is 6.45. The van der Waals surface area contributed by atoms with Gasteiger partial charge in [-0.05, 0) is 38.2 Å². The first-order valence-electron chi connectivity index (χ1n) is 8.22. The number of carbonyl (C=O) groups is 2. The standard InChI is InChI=1S/C18H30N2O2/c1-7-15(8-2)14(6)19-17(21)16-10-9-11-20(16)18(22)13(5)12(3)4/h7-8,12-14,16H,1,9-11H2,2-6H3,(H,19,21)/b15-8+. The number of amides is 2. The quantitative estimate of drug-likeness (QED) is 0.767. The van der Waals surface area contributed by atoms with Gasteiger partial charge in [-0.1, -0.05) is 39.5 Å². The molecular formula is C18H30N2O2. The van der Waals surface area contributed by atoms with Crippen LogP contribution in [0.3, 0.4) is 0 Å². The van der Waals surface area contributed by atoms with E-state index >= 15 is 0 Å². The average molecular weight is 306 g/mol. The van der Waals surface area contributed by atoms with Crippen molar-refractivity contribution in [3.05, 3.63) is 24.3 Å². The molecule has 0 radical (unpaired) electrons.